The number of nitrogens with two attached hydrogens (primary N) is 1. The first-order valence-corrected chi connectivity index (χ1v) is 5.04. The Balaban J connectivity index is 2.38. The van der Waals surface area contributed by atoms with Gasteiger partial charge in [0.2, 0.25) is 0 Å². The minimum absolute atomic E-state index is 0.468. The van der Waals surface area contributed by atoms with Crippen molar-refractivity contribution < 1.29 is 5.11 Å². The minimum atomic E-state index is -0.556. The van der Waals surface area contributed by atoms with Crippen molar-refractivity contribution in [3.05, 3.63) is 42.2 Å². The number of fused-ring (bicyclic) bond motifs is 1. The highest BCUT2D eigenvalue weighted by atomic mass is 16.3. The fraction of sp³-hybridized carbons (Fsp3) is 0.250. The van der Waals surface area contributed by atoms with E-state index in [9.17, 15) is 5.11 Å². The first-order valence-electron chi connectivity index (χ1n) is 5.04. The molecular formula is C12H14N2O. The van der Waals surface area contributed by atoms with Crippen molar-refractivity contribution in [2.45, 2.75) is 12.5 Å². The first-order chi connectivity index (χ1) is 7.31. The van der Waals surface area contributed by atoms with E-state index >= 15 is 0 Å². The van der Waals surface area contributed by atoms with Gasteiger partial charge in [0.15, 0.2) is 0 Å². The second kappa shape index (κ2) is 4.38. The van der Waals surface area contributed by atoms with Gasteiger partial charge in [0, 0.05) is 11.6 Å². The number of benzene rings is 1. The van der Waals surface area contributed by atoms with Crippen LogP contribution in [0.2, 0.25) is 0 Å². The molecule has 3 nitrogen and oxygen atoms in total. The average Bonchev–Trinajstić information content (AvgIpc) is 2.29. The topological polar surface area (TPSA) is 59.1 Å². The van der Waals surface area contributed by atoms with E-state index in [1.165, 1.54) is 0 Å². The SMILES string of the molecule is NCCC(O)c1cc2ccccc2cn1. The number of aromatic nitrogens is 1. The third-order valence-electron chi connectivity index (χ3n) is 2.43. The van der Waals surface area contributed by atoms with Crippen molar-refractivity contribution in [3.63, 3.8) is 0 Å². The normalized spacial score (nSPS) is 12.9. The summed E-state index contributed by atoms with van der Waals surface area (Å²) in [6, 6.07) is 9.87. The lowest BCUT2D eigenvalue weighted by molar-refractivity contribution is 0.166. The number of hydrogen-bond acceptors (Lipinski definition) is 3. The highest BCUT2D eigenvalue weighted by Crippen LogP contribution is 2.19. The van der Waals surface area contributed by atoms with Gasteiger partial charge in [0.05, 0.1) is 11.8 Å². The summed E-state index contributed by atoms with van der Waals surface area (Å²) < 4.78 is 0. The molecule has 0 bridgehead atoms. The molecule has 0 aliphatic rings. The maximum Gasteiger partial charge on any atom is 0.0972 e. The van der Waals surface area contributed by atoms with E-state index in [1.54, 1.807) is 6.20 Å². The van der Waals surface area contributed by atoms with Crippen LogP contribution in [-0.2, 0) is 0 Å². The molecule has 2 aromatic rings. The molecule has 2 rings (SSSR count). The zero-order chi connectivity index (χ0) is 10.7. The predicted octanol–water partition coefficient (Wildman–Crippen LogP) is 1.62. The van der Waals surface area contributed by atoms with E-state index in [0.29, 0.717) is 18.7 Å². The molecule has 0 saturated heterocycles. The molecule has 1 heterocycles. The number of aliphatic hydroxyl groups excluding tert-OH is 1. The van der Waals surface area contributed by atoms with E-state index in [2.05, 4.69) is 4.98 Å². The summed E-state index contributed by atoms with van der Waals surface area (Å²) in [4.78, 5) is 4.22. The average molecular weight is 202 g/mol. The summed E-state index contributed by atoms with van der Waals surface area (Å²) >= 11 is 0. The summed E-state index contributed by atoms with van der Waals surface area (Å²) in [7, 11) is 0. The Kier molecular flexibility index (Phi) is 2.94. The Morgan fingerprint density at radius 1 is 1.27 bits per heavy atom. The van der Waals surface area contributed by atoms with Crippen LogP contribution in [0, 0.1) is 0 Å². The number of hydrogen-bond donors (Lipinski definition) is 2. The summed E-state index contributed by atoms with van der Waals surface area (Å²) in [5, 5.41) is 11.9. The highest BCUT2D eigenvalue weighted by Gasteiger charge is 2.07. The standard InChI is InChI=1S/C12H14N2O/c13-6-5-12(15)11-7-9-3-1-2-4-10(9)8-14-11/h1-4,7-8,12,15H,5-6,13H2. The molecule has 1 atom stereocenters. The molecule has 0 aliphatic heterocycles. The monoisotopic (exact) mass is 202 g/mol. The molecule has 0 aliphatic carbocycles. The predicted molar refractivity (Wildman–Crippen MR) is 60.4 cm³/mol. The Morgan fingerprint density at radius 2 is 2.00 bits per heavy atom. The van der Waals surface area contributed by atoms with Crippen molar-refractivity contribution in [1.29, 1.82) is 0 Å². The van der Waals surface area contributed by atoms with Crippen molar-refractivity contribution >= 4 is 10.8 Å². The molecule has 1 unspecified atom stereocenters. The molecule has 15 heavy (non-hydrogen) atoms. The van der Waals surface area contributed by atoms with Crippen LogP contribution in [0.1, 0.15) is 18.2 Å². The van der Waals surface area contributed by atoms with Gasteiger partial charge in [-0.25, -0.2) is 0 Å². The van der Waals surface area contributed by atoms with E-state index in [1.807, 2.05) is 30.3 Å². The molecular weight excluding hydrogens is 188 g/mol. The van der Waals surface area contributed by atoms with Crippen LogP contribution in [0.3, 0.4) is 0 Å². The van der Waals surface area contributed by atoms with Crippen molar-refractivity contribution in [2.24, 2.45) is 5.73 Å². The van der Waals surface area contributed by atoms with Crippen molar-refractivity contribution in [1.82, 2.24) is 4.98 Å². The molecule has 0 radical (unpaired) electrons. The quantitative estimate of drug-likeness (QED) is 0.795. The summed E-state index contributed by atoms with van der Waals surface area (Å²) in [6.45, 7) is 0.468. The van der Waals surface area contributed by atoms with Crippen molar-refractivity contribution in [2.75, 3.05) is 6.54 Å². The van der Waals surface area contributed by atoms with Crippen LogP contribution in [-0.4, -0.2) is 16.6 Å². The number of rotatable bonds is 3. The Morgan fingerprint density at radius 3 is 2.73 bits per heavy atom. The van der Waals surface area contributed by atoms with Crippen LogP contribution in [0.5, 0.6) is 0 Å². The fourth-order valence-electron chi connectivity index (χ4n) is 1.59. The van der Waals surface area contributed by atoms with Gasteiger partial charge in [-0.2, -0.15) is 0 Å². The maximum atomic E-state index is 9.74. The Bertz CT molecular complexity index is 456. The van der Waals surface area contributed by atoms with Crippen LogP contribution < -0.4 is 5.73 Å². The largest absolute Gasteiger partial charge is 0.387 e. The second-order valence-corrected chi connectivity index (χ2v) is 3.55. The molecule has 0 fully saturated rings. The van der Waals surface area contributed by atoms with E-state index in [4.69, 9.17) is 5.73 Å². The first kappa shape index (κ1) is 10.1. The van der Waals surface area contributed by atoms with Gasteiger partial charge in [-0.05, 0) is 24.4 Å². The van der Waals surface area contributed by atoms with Gasteiger partial charge < -0.3 is 10.8 Å². The Labute approximate surface area is 88.6 Å². The van der Waals surface area contributed by atoms with Gasteiger partial charge in [-0.15, -0.1) is 0 Å². The number of aliphatic hydroxyl groups is 1. The van der Waals surface area contributed by atoms with Gasteiger partial charge >= 0.3 is 0 Å². The molecule has 1 aromatic carbocycles. The summed E-state index contributed by atoms with van der Waals surface area (Å²) in [6.07, 6.45) is 1.77. The van der Waals surface area contributed by atoms with E-state index < -0.39 is 6.10 Å². The van der Waals surface area contributed by atoms with Gasteiger partial charge in [-0.3, -0.25) is 4.98 Å². The third-order valence-corrected chi connectivity index (χ3v) is 2.43. The van der Waals surface area contributed by atoms with Gasteiger partial charge in [-0.1, -0.05) is 24.3 Å². The number of nitrogens with zero attached hydrogens (tertiary/aromatic N) is 1. The molecule has 0 amide bonds. The van der Waals surface area contributed by atoms with Crippen LogP contribution in [0.15, 0.2) is 36.5 Å². The lowest BCUT2D eigenvalue weighted by atomic mass is 10.1. The van der Waals surface area contributed by atoms with Crippen molar-refractivity contribution in [3.8, 4) is 0 Å². The molecule has 1 aromatic heterocycles. The van der Waals surface area contributed by atoms with E-state index in [-0.39, 0.29) is 0 Å². The lowest BCUT2D eigenvalue weighted by Crippen LogP contribution is -2.07. The maximum absolute atomic E-state index is 9.74. The summed E-state index contributed by atoms with van der Waals surface area (Å²) in [5.41, 5.74) is 6.09. The summed E-state index contributed by atoms with van der Waals surface area (Å²) in [5.74, 6) is 0. The fourth-order valence-corrected chi connectivity index (χ4v) is 1.59. The van der Waals surface area contributed by atoms with Crippen LogP contribution in [0.25, 0.3) is 10.8 Å². The third kappa shape index (κ3) is 2.14. The van der Waals surface area contributed by atoms with Crippen LogP contribution >= 0.6 is 0 Å². The van der Waals surface area contributed by atoms with Gasteiger partial charge in [0.1, 0.15) is 0 Å². The molecule has 0 saturated carbocycles. The van der Waals surface area contributed by atoms with Gasteiger partial charge in [0.25, 0.3) is 0 Å². The number of pyridine rings is 1. The molecule has 78 valence electrons. The smallest absolute Gasteiger partial charge is 0.0972 e. The lowest BCUT2D eigenvalue weighted by Gasteiger charge is -2.09. The molecule has 0 spiro atoms. The highest BCUT2D eigenvalue weighted by molar-refractivity contribution is 5.81. The molecule has 3 heteroatoms. The zero-order valence-corrected chi connectivity index (χ0v) is 8.43. The zero-order valence-electron chi connectivity index (χ0n) is 8.43. The minimum Gasteiger partial charge on any atom is -0.387 e. The second-order valence-electron chi connectivity index (χ2n) is 3.55. The van der Waals surface area contributed by atoms with E-state index in [0.717, 1.165) is 10.8 Å². The molecule has 3 N–H and O–H groups in total. The van der Waals surface area contributed by atoms with Crippen LogP contribution in [0.4, 0.5) is 0 Å². The Hall–Kier alpha value is -1.45.